The number of fused-ring (bicyclic) bond motifs is 1. The molecule has 1 aliphatic rings. The molecule has 0 aromatic heterocycles. The van der Waals surface area contributed by atoms with Crippen LogP contribution in [0.4, 0.5) is 0 Å². The molecule has 3 atom stereocenters. The van der Waals surface area contributed by atoms with Crippen LogP contribution in [0.25, 0.3) is 0 Å². The first kappa shape index (κ1) is 12.5. The minimum atomic E-state index is -0.709. The van der Waals surface area contributed by atoms with Crippen molar-refractivity contribution < 1.29 is 9.84 Å². The lowest BCUT2D eigenvalue weighted by atomic mass is 9.78. The normalized spacial score (nSPS) is 24.3. The van der Waals surface area contributed by atoms with Crippen LogP contribution in [0.1, 0.15) is 17.0 Å². The molecule has 0 saturated carbocycles. The molecule has 20 heavy (non-hydrogen) atoms. The molecule has 4 nitrogen and oxygen atoms in total. The van der Waals surface area contributed by atoms with Crippen LogP contribution < -0.4 is 10.5 Å². The molecule has 1 heterocycles. The third kappa shape index (κ3) is 1.98. The minimum Gasteiger partial charge on any atom is -0.508 e. The number of nitrogens with zero attached hydrogens (tertiary/aromatic N) is 1. The van der Waals surface area contributed by atoms with Gasteiger partial charge in [0.15, 0.2) is 6.23 Å². The lowest BCUT2D eigenvalue weighted by Crippen LogP contribution is -2.42. The van der Waals surface area contributed by atoms with Crippen molar-refractivity contribution in [1.29, 1.82) is 5.26 Å². The topological polar surface area (TPSA) is 79.3 Å². The number of benzene rings is 2. The fourth-order valence-electron chi connectivity index (χ4n) is 2.68. The first-order valence-corrected chi connectivity index (χ1v) is 6.40. The quantitative estimate of drug-likeness (QED) is 0.830. The molecular weight excluding hydrogens is 252 g/mol. The lowest BCUT2D eigenvalue weighted by molar-refractivity contribution is 0.134. The highest BCUT2D eigenvalue weighted by Crippen LogP contribution is 2.43. The molecule has 0 unspecified atom stereocenters. The standard InChI is InChI=1S/C16H14N2O2/c17-9-13-15(10-4-2-1-3-5-10)12-7-6-11(19)8-14(12)20-16(13)18/h1-8,13,15-16,19H,18H2/t13-,15+,16+/m0/s1. The van der Waals surface area contributed by atoms with Gasteiger partial charge in [0, 0.05) is 17.5 Å². The monoisotopic (exact) mass is 266 g/mol. The van der Waals surface area contributed by atoms with Crippen molar-refractivity contribution in [3.63, 3.8) is 0 Å². The van der Waals surface area contributed by atoms with E-state index in [1.165, 1.54) is 0 Å². The lowest BCUT2D eigenvalue weighted by Gasteiger charge is -2.34. The van der Waals surface area contributed by atoms with Crippen molar-refractivity contribution in [1.82, 2.24) is 0 Å². The van der Waals surface area contributed by atoms with Crippen LogP contribution in [-0.2, 0) is 0 Å². The van der Waals surface area contributed by atoms with Crippen molar-refractivity contribution in [2.75, 3.05) is 0 Å². The van der Waals surface area contributed by atoms with Crippen LogP contribution in [0, 0.1) is 17.2 Å². The van der Waals surface area contributed by atoms with Crippen molar-refractivity contribution in [3.8, 4) is 17.6 Å². The van der Waals surface area contributed by atoms with Gasteiger partial charge in [0.05, 0.1) is 6.07 Å². The van der Waals surface area contributed by atoms with E-state index in [-0.39, 0.29) is 11.7 Å². The van der Waals surface area contributed by atoms with Crippen LogP contribution in [0.15, 0.2) is 48.5 Å². The van der Waals surface area contributed by atoms with Crippen LogP contribution in [-0.4, -0.2) is 11.3 Å². The number of ether oxygens (including phenoxy) is 1. The van der Waals surface area contributed by atoms with E-state index >= 15 is 0 Å². The zero-order valence-electron chi connectivity index (χ0n) is 10.7. The first-order valence-electron chi connectivity index (χ1n) is 6.40. The van der Waals surface area contributed by atoms with Crippen LogP contribution in [0.3, 0.4) is 0 Å². The van der Waals surface area contributed by atoms with Crippen molar-refractivity contribution in [2.24, 2.45) is 11.7 Å². The van der Waals surface area contributed by atoms with Gasteiger partial charge in [0.1, 0.15) is 17.4 Å². The number of phenolic OH excluding ortho intramolecular Hbond substituents is 1. The summed E-state index contributed by atoms with van der Waals surface area (Å²) in [6, 6.07) is 16.9. The van der Waals surface area contributed by atoms with Gasteiger partial charge >= 0.3 is 0 Å². The number of rotatable bonds is 1. The summed E-state index contributed by atoms with van der Waals surface area (Å²) in [5.74, 6) is 0.0472. The van der Waals surface area contributed by atoms with Gasteiger partial charge < -0.3 is 9.84 Å². The highest BCUT2D eigenvalue weighted by atomic mass is 16.5. The molecular formula is C16H14N2O2. The maximum Gasteiger partial charge on any atom is 0.164 e. The van der Waals surface area contributed by atoms with Gasteiger partial charge in [-0.1, -0.05) is 36.4 Å². The Kier molecular flexibility index (Phi) is 3.05. The van der Waals surface area contributed by atoms with Gasteiger partial charge in [-0.25, -0.2) is 0 Å². The number of hydrogen-bond acceptors (Lipinski definition) is 4. The molecule has 100 valence electrons. The maximum absolute atomic E-state index is 9.57. The van der Waals surface area contributed by atoms with E-state index in [1.807, 2.05) is 30.3 Å². The molecule has 2 aromatic carbocycles. The van der Waals surface area contributed by atoms with Gasteiger partial charge in [-0.05, 0) is 11.6 Å². The Morgan fingerprint density at radius 1 is 1.15 bits per heavy atom. The molecule has 0 amide bonds. The van der Waals surface area contributed by atoms with Crippen molar-refractivity contribution in [2.45, 2.75) is 12.1 Å². The second-order valence-corrected chi connectivity index (χ2v) is 4.85. The summed E-state index contributed by atoms with van der Waals surface area (Å²) in [7, 11) is 0. The van der Waals surface area contributed by atoms with E-state index in [9.17, 15) is 10.4 Å². The zero-order chi connectivity index (χ0) is 14.1. The average molecular weight is 266 g/mol. The maximum atomic E-state index is 9.57. The second-order valence-electron chi connectivity index (χ2n) is 4.85. The van der Waals surface area contributed by atoms with Gasteiger partial charge in [-0.3, -0.25) is 5.73 Å². The highest BCUT2D eigenvalue weighted by Gasteiger charge is 2.37. The second kappa shape index (κ2) is 4.87. The largest absolute Gasteiger partial charge is 0.508 e. The van der Waals surface area contributed by atoms with Gasteiger partial charge in [0.25, 0.3) is 0 Å². The number of hydrogen-bond donors (Lipinski definition) is 2. The zero-order valence-corrected chi connectivity index (χ0v) is 10.7. The third-order valence-electron chi connectivity index (χ3n) is 3.62. The molecule has 0 bridgehead atoms. The summed E-state index contributed by atoms with van der Waals surface area (Å²) >= 11 is 0. The predicted octanol–water partition coefficient (Wildman–Crippen LogP) is 2.34. The first-order chi connectivity index (χ1) is 9.70. The molecule has 0 spiro atoms. The molecule has 3 N–H and O–H groups in total. The van der Waals surface area contributed by atoms with Gasteiger partial charge in [-0.15, -0.1) is 0 Å². The molecule has 0 aliphatic carbocycles. The Hall–Kier alpha value is -2.51. The van der Waals surface area contributed by atoms with Crippen LogP contribution in [0.2, 0.25) is 0 Å². The van der Waals surface area contributed by atoms with Gasteiger partial charge in [-0.2, -0.15) is 5.26 Å². The summed E-state index contributed by atoms with van der Waals surface area (Å²) in [6.45, 7) is 0. The summed E-state index contributed by atoms with van der Waals surface area (Å²) < 4.78 is 5.56. The smallest absolute Gasteiger partial charge is 0.164 e. The van der Waals surface area contributed by atoms with Crippen LogP contribution >= 0.6 is 0 Å². The van der Waals surface area contributed by atoms with Gasteiger partial charge in [0.2, 0.25) is 0 Å². The van der Waals surface area contributed by atoms with E-state index < -0.39 is 12.1 Å². The summed E-state index contributed by atoms with van der Waals surface area (Å²) in [6.07, 6.45) is -0.709. The highest BCUT2D eigenvalue weighted by molar-refractivity contribution is 5.49. The minimum absolute atomic E-state index is 0.123. The third-order valence-corrected chi connectivity index (χ3v) is 3.62. The van der Waals surface area contributed by atoms with E-state index in [0.717, 1.165) is 11.1 Å². The molecule has 0 saturated heterocycles. The summed E-state index contributed by atoms with van der Waals surface area (Å²) in [5.41, 5.74) is 7.85. The average Bonchev–Trinajstić information content (AvgIpc) is 2.46. The van der Waals surface area contributed by atoms with Crippen molar-refractivity contribution in [3.05, 3.63) is 59.7 Å². The number of nitrogens with two attached hydrogens (primary N) is 1. The number of phenols is 1. The summed E-state index contributed by atoms with van der Waals surface area (Å²) in [5, 5.41) is 19.0. The van der Waals surface area contributed by atoms with E-state index in [4.69, 9.17) is 10.5 Å². The fraction of sp³-hybridized carbons (Fsp3) is 0.188. The van der Waals surface area contributed by atoms with Crippen molar-refractivity contribution >= 4 is 0 Å². The molecule has 0 radical (unpaired) electrons. The SMILES string of the molecule is N#C[C@H]1[C@H](c2ccccc2)c2ccc(O)cc2O[C@H]1N. The van der Waals surface area contributed by atoms with E-state index in [1.54, 1.807) is 18.2 Å². The predicted molar refractivity (Wildman–Crippen MR) is 74.1 cm³/mol. The Morgan fingerprint density at radius 3 is 2.60 bits per heavy atom. The molecule has 1 aliphatic heterocycles. The number of aromatic hydroxyl groups is 1. The Balaban J connectivity index is 2.17. The molecule has 3 rings (SSSR count). The molecule has 0 fully saturated rings. The summed E-state index contributed by atoms with van der Waals surface area (Å²) in [4.78, 5) is 0. The Labute approximate surface area is 117 Å². The molecule has 2 aromatic rings. The molecule has 4 heteroatoms. The Morgan fingerprint density at radius 2 is 1.90 bits per heavy atom. The number of nitriles is 1. The van der Waals surface area contributed by atoms with E-state index in [0.29, 0.717) is 5.75 Å². The van der Waals surface area contributed by atoms with Crippen LogP contribution in [0.5, 0.6) is 11.5 Å². The van der Waals surface area contributed by atoms with E-state index in [2.05, 4.69) is 6.07 Å². The Bertz CT molecular complexity index is 664. The fourth-order valence-corrected chi connectivity index (χ4v) is 2.68.